The highest BCUT2D eigenvalue weighted by Gasteiger charge is 2.40. The van der Waals surface area contributed by atoms with Gasteiger partial charge in [-0.15, -0.1) is 0 Å². The molecule has 1 saturated carbocycles. The van der Waals surface area contributed by atoms with E-state index in [4.69, 9.17) is 4.99 Å². The summed E-state index contributed by atoms with van der Waals surface area (Å²) in [4.78, 5) is 30.8. The summed E-state index contributed by atoms with van der Waals surface area (Å²) in [5, 5.41) is 9.21. The molecule has 0 spiro atoms. The minimum absolute atomic E-state index is 0.0291. The van der Waals surface area contributed by atoms with Crippen molar-refractivity contribution in [2.45, 2.75) is 113 Å². The van der Waals surface area contributed by atoms with Gasteiger partial charge in [0.1, 0.15) is 11.5 Å². The fourth-order valence-electron chi connectivity index (χ4n) is 5.40. The number of amides is 1. The topological polar surface area (TPSA) is 70.0 Å². The molecule has 1 aromatic rings. The van der Waals surface area contributed by atoms with Crippen LogP contribution in [0.4, 0.5) is 4.39 Å². The second kappa shape index (κ2) is 16.4. The van der Waals surface area contributed by atoms with Crippen LogP contribution in [0.15, 0.2) is 53.3 Å². The van der Waals surface area contributed by atoms with Gasteiger partial charge in [0.25, 0.3) is 0 Å². The molecule has 5 nitrogen and oxygen atoms in total. The number of carbonyl (C=O) groups is 2. The average molecular weight is 543 g/mol. The minimum Gasteiger partial charge on any atom is -0.478 e. The Labute approximate surface area is 236 Å². The minimum atomic E-state index is -0.972. The summed E-state index contributed by atoms with van der Waals surface area (Å²) in [6, 6.07) is 6.67. The van der Waals surface area contributed by atoms with E-state index in [2.05, 4.69) is 20.8 Å². The molecular formula is C33H51FN2O3. The Kier molecular flexibility index (Phi) is 14.4. The van der Waals surface area contributed by atoms with Crippen molar-refractivity contribution in [2.24, 2.45) is 22.2 Å². The van der Waals surface area contributed by atoms with Gasteiger partial charge < -0.3 is 10.0 Å². The van der Waals surface area contributed by atoms with Crippen LogP contribution >= 0.6 is 0 Å². The molecule has 2 aliphatic rings. The molecule has 39 heavy (non-hydrogen) atoms. The zero-order valence-electron chi connectivity index (χ0n) is 25.5. The molecule has 0 heterocycles. The van der Waals surface area contributed by atoms with Crippen LogP contribution < -0.4 is 0 Å². The summed E-state index contributed by atoms with van der Waals surface area (Å²) in [6.45, 7) is 17.2. The molecule has 1 N–H and O–H groups in total. The highest BCUT2D eigenvalue weighted by Crippen LogP contribution is 2.43. The first-order valence-corrected chi connectivity index (χ1v) is 14.7. The van der Waals surface area contributed by atoms with E-state index in [1.807, 2.05) is 40.7 Å². The van der Waals surface area contributed by atoms with E-state index in [1.165, 1.54) is 6.08 Å². The number of carboxylic acids is 1. The largest absolute Gasteiger partial charge is 0.478 e. The molecule has 0 aromatic heterocycles. The molecule has 3 rings (SSSR count). The SMILES string of the molecule is C/C(=N\C1(N(C=O)Cc2ccc(C(=O)O)cc2)CCCC(C(C)(C)C)CC1)C1C=CC(F)=CCC1.CC.CC. The third-order valence-electron chi connectivity index (χ3n) is 7.69. The van der Waals surface area contributed by atoms with Gasteiger partial charge in [-0.2, -0.15) is 0 Å². The van der Waals surface area contributed by atoms with Crippen LogP contribution in [-0.4, -0.2) is 33.8 Å². The number of nitrogens with zero attached hydrogens (tertiary/aromatic N) is 2. The monoisotopic (exact) mass is 542 g/mol. The predicted molar refractivity (Wildman–Crippen MR) is 161 cm³/mol. The molecule has 1 fully saturated rings. The van der Waals surface area contributed by atoms with Crippen LogP contribution in [0.3, 0.4) is 0 Å². The molecule has 0 saturated heterocycles. The molecule has 0 radical (unpaired) electrons. The lowest BCUT2D eigenvalue weighted by atomic mass is 9.76. The molecule has 0 aliphatic heterocycles. The van der Waals surface area contributed by atoms with E-state index in [-0.39, 0.29) is 22.7 Å². The molecular weight excluding hydrogens is 491 g/mol. The van der Waals surface area contributed by atoms with Gasteiger partial charge in [-0.05, 0) is 93.1 Å². The van der Waals surface area contributed by atoms with Gasteiger partial charge in [0.05, 0.1) is 5.56 Å². The number of benzene rings is 1. The van der Waals surface area contributed by atoms with Crippen molar-refractivity contribution in [3.63, 3.8) is 0 Å². The zero-order chi connectivity index (χ0) is 29.6. The molecule has 2 aliphatic carbocycles. The summed E-state index contributed by atoms with van der Waals surface area (Å²) in [5.74, 6) is -0.614. The van der Waals surface area contributed by atoms with Crippen LogP contribution in [-0.2, 0) is 11.3 Å². The number of allylic oxidation sites excluding steroid dienone is 4. The van der Waals surface area contributed by atoms with Crippen molar-refractivity contribution in [3.8, 4) is 0 Å². The number of hydrogen-bond donors (Lipinski definition) is 1. The lowest BCUT2D eigenvalue weighted by Crippen LogP contribution is -2.47. The Bertz CT molecular complexity index is 991. The van der Waals surface area contributed by atoms with Crippen molar-refractivity contribution < 1.29 is 19.1 Å². The number of aromatic carboxylic acids is 1. The highest BCUT2D eigenvalue weighted by molar-refractivity contribution is 5.87. The third kappa shape index (κ3) is 10.1. The molecule has 3 unspecified atom stereocenters. The highest BCUT2D eigenvalue weighted by atomic mass is 19.1. The van der Waals surface area contributed by atoms with Crippen LogP contribution in [0.5, 0.6) is 0 Å². The summed E-state index contributed by atoms with van der Waals surface area (Å²) in [7, 11) is 0. The Morgan fingerprint density at radius 1 is 1.10 bits per heavy atom. The van der Waals surface area contributed by atoms with E-state index in [9.17, 15) is 19.1 Å². The molecule has 218 valence electrons. The maximum absolute atomic E-state index is 13.8. The number of aliphatic imine (C=N–C) groups is 1. The van der Waals surface area contributed by atoms with Gasteiger partial charge >= 0.3 is 5.97 Å². The fraction of sp³-hybridized carbons (Fsp3) is 0.606. The van der Waals surface area contributed by atoms with E-state index in [0.717, 1.165) is 56.2 Å². The molecule has 3 atom stereocenters. The second-order valence-electron chi connectivity index (χ2n) is 11.1. The second-order valence-corrected chi connectivity index (χ2v) is 11.1. The van der Waals surface area contributed by atoms with Crippen molar-refractivity contribution in [1.82, 2.24) is 4.90 Å². The van der Waals surface area contributed by atoms with Gasteiger partial charge in [-0.1, -0.05) is 66.7 Å². The molecule has 1 amide bonds. The normalized spacial score (nSPS) is 23.5. The van der Waals surface area contributed by atoms with Crippen molar-refractivity contribution in [3.05, 3.63) is 59.4 Å². The van der Waals surface area contributed by atoms with Crippen LogP contribution in [0.1, 0.15) is 116 Å². The van der Waals surface area contributed by atoms with Crippen molar-refractivity contribution >= 4 is 18.1 Å². The van der Waals surface area contributed by atoms with E-state index in [1.54, 1.807) is 35.2 Å². The van der Waals surface area contributed by atoms with Gasteiger partial charge in [0.2, 0.25) is 6.41 Å². The first-order valence-electron chi connectivity index (χ1n) is 14.7. The summed E-state index contributed by atoms with van der Waals surface area (Å²) in [5.41, 5.74) is 1.51. The third-order valence-corrected chi connectivity index (χ3v) is 7.69. The zero-order valence-corrected chi connectivity index (χ0v) is 25.5. The standard InChI is InChI=1S/C29H39FN2O3.2C2H6/c1-21(23-7-5-9-26(30)15-14-23)31-29(17-6-8-25(16-18-29)28(2,3)4)32(20-33)19-22-10-12-24(13-11-22)27(34)35;2*1-2/h9-15,20,23,25H,5-8,16-19H2,1-4H3,(H,34,35);2*1-2H3/b31-21+;;. The lowest BCUT2D eigenvalue weighted by molar-refractivity contribution is -0.125. The Morgan fingerprint density at radius 3 is 2.31 bits per heavy atom. The van der Waals surface area contributed by atoms with Crippen LogP contribution in [0.2, 0.25) is 0 Å². The summed E-state index contributed by atoms with van der Waals surface area (Å²) < 4.78 is 13.8. The average Bonchev–Trinajstić information content (AvgIpc) is 3.28. The van der Waals surface area contributed by atoms with Gasteiger partial charge in [-0.3, -0.25) is 9.79 Å². The molecule has 0 bridgehead atoms. The maximum atomic E-state index is 13.8. The van der Waals surface area contributed by atoms with Crippen LogP contribution in [0, 0.1) is 17.3 Å². The van der Waals surface area contributed by atoms with Crippen molar-refractivity contribution in [2.75, 3.05) is 0 Å². The molecule has 1 aromatic carbocycles. The number of carbonyl (C=O) groups excluding carboxylic acids is 1. The van der Waals surface area contributed by atoms with E-state index >= 15 is 0 Å². The lowest BCUT2D eigenvalue weighted by Gasteiger charge is -2.40. The van der Waals surface area contributed by atoms with Gasteiger partial charge in [-0.25, -0.2) is 9.18 Å². The first kappa shape index (κ1) is 34.3. The number of rotatable bonds is 7. The predicted octanol–water partition coefficient (Wildman–Crippen LogP) is 9.00. The van der Waals surface area contributed by atoms with Gasteiger partial charge in [0, 0.05) is 18.2 Å². The fourth-order valence-corrected chi connectivity index (χ4v) is 5.40. The van der Waals surface area contributed by atoms with Crippen LogP contribution in [0.25, 0.3) is 0 Å². The molecule has 6 heteroatoms. The summed E-state index contributed by atoms with van der Waals surface area (Å²) >= 11 is 0. The smallest absolute Gasteiger partial charge is 0.335 e. The number of hydrogen-bond acceptors (Lipinski definition) is 3. The van der Waals surface area contributed by atoms with E-state index < -0.39 is 11.6 Å². The Morgan fingerprint density at radius 2 is 1.74 bits per heavy atom. The number of carboxylic acid groups (broad SMARTS) is 1. The first-order chi connectivity index (χ1) is 18.5. The van der Waals surface area contributed by atoms with Crippen molar-refractivity contribution in [1.29, 1.82) is 0 Å². The quantitative estimate of drug-likeness (QED) is 0.212. The maximum Gasteiger partial charge on any atom is 0.335 e. The Hall–Kier alpha value is -2.76. The van der Waals surface area contributed by atoms with Gasteiger partial charge in [0.15, 0.2) is 0 Å². The van der Waals surface area contributed by atoms with E-state index in [0.29, 0.717) is 18.9 Å². The number of halogens is 1. The summed E-state index contributed by atoms with van der Waals surface area (Å²) in [6.07, 6.45) is 11.9. The Balaban J connectivity index is 0.00000181.